The van der Waals surface area contributed by atoms with E-state index in [0.29, 0.717) is 13.0 Å². The molecule has 1 aromatic rings. The van der Waals surface area contributed by atoms with E-state index in [4.69, 9.17) is 0 Å². The van der Waals surface area contributed by atoms with E-state index in [1.807, 2.05) is 20.8 Å². The van der Waals surface area contributed by atoms with Crippen LogP contribution in [0.4, 0.5) is 5.82 Å². The SMILES string of the molecule is CCCNC(=O)CCNc1cnc(C)c(C)n1. The molecule has 17 heavy (non-hydrogen) atoms. The van der Waals surface area contributed by atoms with Crippen molar-refractivity contribution in [3.8, 4) is 0 Å². The third-order valence-corrected chi connectivity index (χ3v) is 2.42. The second kappa shape index (κ2) is 6.83. The molecular weight excluding hydrogens is 216 g/mol. The number of nitrogens with one attached hydrogen (secondary N) is 2. The zero-order valence-corrected chi connectivity index (χ0v) is 10.7. The lowest BCUT2D eigenvalue weighted by atomic mass is 10.3. The highest BCUT2D eigenvalue weighted by molar-refractivity contribution is 5.76. The molecule has 0 radical (unpaired) electrons. The van der Waals surface area contributed by atoms with E-state index in [1.165, 1.54) is 0 Å². The maximum Gasteiger partial charge on any atom is 0.221 e. The summed E-state index contributed by atoms with van der Waals surface area (Å²) < 4.78 is 0. The van der Waals surface area contributed by atoms with Crippen LogP contribution < -0.4 is 10.6 Å². The van der Waals surface area contributed by atoms with Gasteiger partial charge in [-0.1, -0.05) is 6.92 Å². The Morgan fingerprint density at radius 3 is 2.71 bits per heavy atom. The van der Waals surface area contributed by atoms with Crippen LogP contribution in [0.3, 0.4) is 0 Å². The Morgan fingerprint density at radius 2 is 2.06 bits per heavy atom. The summed E-state index contributed by atoms with van der Waals surface area (Å²) in [6, 6.07) is 0. The quantitative estimate of drug-likeness (QED) is 0.784. The Labute approximate surface area is 102 Å². The number of amides is 1. The highest BCUT2D eigenvalue weighted by Gasteiger charge is 2.01. The summed E-state index contributed by atoms with van der Waals surface area (Å²) in [6.45, 7) is 7.18. The Morgan fingerprint density at radius 1 is 1.29 bits per heavy atom. The first-order valence-corrected chi connectivity index (χ1v) is 5.94. The molecule has 0 bridgehead atoms. The molecule has 0 unspecified atom stereocenters. The van der Waals surface area contributed by atoms with Gasteiger partial charge in [-0.2, -0.15) is 0 Å². The molecule has 0 aliphatic heterocycles. The molecule has 0 aliphatic rings. The average molecular weight is 236 g/mol. The average Bonchev–Trinajstić information content (AvgIpc) is 2.31. The number of aryl methyl sites for hydroxylation is 2. The number of carbonyl (C=O) groups excluding carboxylic acids is 1. The van der Waals surface area contributed by atoms with E-state index in [9.17, 15) is 4.79 Å². The van der Waals surface area contributed by atoms with Gasteiger partial charge in [-0.05, 0) is 20.3 Å². The van der Waals surface area contributed by atoms with Crippen molar-refractivity contribution in [3.63, 3.8) is 0 Å². The number of rotatable bonds is 6. The summed E-state index contributed by atoms with van der Waals surface area (Å²) in [7, 11) is 0. The second-order valence-electron chi connectivity index (χ2n) is 3.95. The van der Waals surface area contributed by atoms with Gasteiger partial charge in [0.15, 0.2) is 0 Å². The Bertz CT molecular complexity index is 379. The van der Waals surface area contributed by atoms with Crippen molar-refractivity contribution in [1.82, 2.24) is 15.3 Å². The van der Waals surface area contributed by atoms with E-state index in [0.717, 1.165) is 30.2 Å². The Kier molecular flexibility index (Phi) is 5.39. The summed E-state index contributed by atoms with van der Waals surface area (Å²) >= 11 is 0. The molecular formula is C12H20N4O. The van der Waals surface area contributed by atoms with Crippen LogP contribution in [-0.4, -0.2) is 29.0 Å². The van der Waals surface area contributed by atoms with Gasteiger partial charge in [-0.15, -0.1) is 0 Å². The summed E-state index contributed by atoms with van der Waals surface area (Å²) in [5.41, 5.74) is 1.83. The monoisotopic (exact) mass is 236 g/mol. The van der Waals surface area contributed by atoms with Crippen LogP contribution >= 0.6 is 0 Å². The molecule has 1 heterocycles. The van der Waals surface area contributed by atoms with Crippen molar-refractivity contribution in [2.24, 2.45) is 0 Å². The maximum atomic E-state index is 11.3. The number of nitrogens with zero attached hydrogens (tertiary/aromatic N) is 2. The predicted octanol–water partition coefficient (Wildman–Crippen LogP) is 1.42. The Balaban J connectivity index is 2.30. The molecule has 2 N–H and O–H groups in total. The summed E-state index contributed by atoms with van der Waals surface area (Å²) in [5, 5.41) is 5.91. The molecule has 94 valence electrons. The topological polar surface area (TPSA) is 66.9 Å². The first-order valence-electron chi connectivity index (χ1n) is 5.94. The van der Waals surface area contributed by atoms with Gasteiger partial charge < -0.3 is 10.6 Å². The highest BCUT2D eigenvalue weighted by atomic mass is 16.1. The lowest BCUT2D eigenvalue weighted by molar-refractivity contribution is -0.120. The fraction of sp³-hybridized carbons (Fsp3) is 0.583. The Hall–Kier alpha value is -1.65. The maximum absolute atomic E-state index is 11.3. The predicted molar refractivity (Wildman–Crippen MR) is 67.9 cm³/mol. The highest BCUT2D eigenvalue weighted by Crippen LogP contribution is 2.05. The van der Waals surface area contributed by atoms with Gasteiger partial charge >= 0.3 is 0 Å². The largest absolute Gasteiger partial charge is 0.368 e. The number of hydrogen-bond donors (Lipinski definition) is 2. The van der Waals surface area contributed by atoms with E-state index < -0.39 is 0 Å². The zero-order chi connectivity index (χ0) is 12.7. The fourth-order valence-corrected chi connectivity index (χ4v) is 1.28. The minimum Gasteiger partial charge on any atom is -0.368 e. The molecule has 1 rings (SSSR count). The molecule has 0 saturated heterocycles. The van der Waals surface area contributed by atoms with Crippen LogP contribution in [0, 0.1) is 13.8 Å². The van der Waals surface area contributed by atoms with Crippen LogP contribution in [0.25, 0.3) is 0 Å². The second-order valence-corrected chi connectivity index (χ2v) is 3.95. The smallest absolute Gasteiger partial charge is 0.221 e. The summed E-state index contributed by atoms with van der Waals surface area (Å²) in [6.07, 6.45) is 3.10. The molecule has 1 aromatic heterocycles. The van der Waals surface area contributed by atoms with Crippen molar-refractivity contribution >= 4 is 11.7 Å². The molecule has 0 aromatic carbocycles. The van der Waals surface area contributed by atoms with Gasteiger partial charge in [-0.25, -0.2) is 4.98 Å². The van der Waals surface area contributed by atoms with Crippen molar-refractivity contribution < 1.29 is 4.79 Å². The van der Waals surface area contributed by atoms with Gasteiger partial charge in [0.05, 0.1) is 17.6 Å². The van der Waals surface area contributed by atoms with E-state index in [2.05, 4.69) is 20.6 Å². The zero-order valence-electron chi connectivity index (χ0n) is 10.7. The van der Waals surface area contributed by atoms with Crippen LogP contribution in [-0.2, 0) is 4.79 Å². The molecule has 0 saturated carbocycles. The number of hydrogen-bond acceptors (Lipinski definition) is 4. The van der Waals surface area contributed by atoms with Crippen molar-refractivity contribution in [2.75, 3.05) is 18.4 Å². The number of aromatic nitrogens is 2. The van der Waals surface area contributed by atoms with Crippen LogP contribution in [0.5, 0.6) is 0 Å². The summed E-state index contributed by atoms with van der Waals surface area (Å²) in [5.74, 6) is 0.785. The van der Waals surface area contributed by atoms with E-state index >= 15 is 0 Å². The van der Waals surface area contributed by atoms with Gasteiger partial charge in [0, 0.05) is 19.5 Å². The first-order chi connectivity index (χ1) is 8.13. The van der Waals surface area contributed by atoms with Crippen LogP contribution in [0.15, 0.2) is 6.20 Å². The first kappa shape index (κ1) is 13.4. The standard InChI is InChI=1S/C12H20N4O/c1-4-6-14-12(17)5-7-13-11-8-15-9(2)10(3)16-11/h8H,4-7H2,1-3H3,(H,13,16)(H,14,17). The molecule has 0 spiro atoms. The van der Waals surface area contributed by atoms with Gasteiger partial charge in [-0.3, -0.25) is 9.78 Å². The third kappa shape index (κ3) is 4.80. The van der Waals surface area contributed by atoms with Crippen LogP contribution in [0.2, 0.25) is 0 Å². The van der Waals surface area contributed by atoms with Gasteiger partial charge in [0.25, 0.3) is 0 Å². The molecule has 0 aliphatic carbocycles. The van der Waals surface area contributed by atoms with Gasteiger partial charge in [0.2, 0.25) is 5.91 Å². The minimum absolute atomic E-state index is 0.0659. The number of anilines is 1. The molecule has 0 atom stereocenters. The molecule has 5 nitrogen and oxygen atoms in total. The van der Waals surface area contributed by atoms with Gasteiger partial charge in [0.1, 0.15) is 5.82 Å². The molecule has 0 fully saturated rings. The third-order valence-electron chi connectivity index (χ3n) is 2.42. The lowest BCUT2D eigenvalue weighted by Crippen LogP contribution is -2.26. The number of carbonyl (C=O) groups is 1. The normalized spacial score (nSPS) is 10.1. The minimum atomic E-state index is 0.0659. The van der Waals surface area contributed by atoms with E-state index in [-0.39, 0.29) is 5.91 Å². The van der Waals surface area contributed by atoms with E-state index in [1.54, 1.807) is 6.20 Å². The summed E-state index contributed by atoms with van der Waals surface area (Å²) in [4.78, 5) is 19.9. The molecule has 1 amide bonds. The molecule has 5 heteroatoms. The lowest BCUT2D eigenvalue weighted by Gasteiger charge is -2.07. The van der Waals surface area contributed by atoms with Crippen molar-refractivity contribution in [1.29, 1.82) is 0 Å². The fourth-order valence-electron chi connectivity index (χ4n) is 1.28. The van der Waals surface area contributed by atoms with Crippen molar-refractivity contribution in [3.05, 3.63) is 17.6 Å². The van der Waals surface area contributed by atoms with Crippen LogP contribution in [0.1, 0.15) is 31.2 Å². The van der Waals surface area contributed by atoms with Crippen molar-refractivity contribution in [2.45, 2.75) is 33.6 Å².